The Labute approximate surface area is 181 Å². The van der Waals surface area contributed by atoms with Gasteiger partial charge in [-0.25, -0.2) is 9.13 Å². The molecule has 0 amide bonds. The molecule has 0 spiro atoms. The predicted molar refractivity (Wildman–Crippen MR) is 31.9 cm³/mol. The molecule has 0 bridgehead atoms. The van der Waals surface area contributed by atoms with Crippen molar-refractivity contribution in [1.82, 2.24) is 0 Å². The topological polar surface area (TPSA) is 156 Å². The Kier molecular flexibility index (Phi) is 59.0. The Hall–Kier alpha value is 4.39. The van der Waals surface area contributed by atoms with Crippen molar-refractivity contribution in [3.63, 3.8) is 0 Å². The number of rotatable bonds is 0. The molecule has 15 heteroatoms. The zero-order valence-corrected chi connectivity index (χ0v) is 18.9. The molecule has 0 saturated heterocycles. The van der Waals surface area contributed by atoms with E-state index in [1.165, 1.54) is 0 Å². The first-order valence-electron chi connectivity index (χ1n) is 1.57. The van der Waals surface area contributed by atoms with Gasteiger partial charge >= 0.3 is 104 Å². The summed E-state index contributed by atoms with van der Waals surface area (Å²) in [6, 6.07) is 0. The fourth-order valence-electron chi connectivity index (χ4n) is 0. The van der Waals surface area contributed by atoms with Gasteiger partial charge in [0.25, 0.3) is 0 Å². The average Bonchev–Trinajstić information content (AvgIpc) is 1.12. The summed E-state index contributed by atoms with van der Waals surface area (Å²) in [5.41, 5.74) is 0. The van der Waals surface area contributed by atoms with Crippen LogP contribution < -0.4 is 88.7 Å². The molecule has 0 aromatic carbocycles. The molecule has 0 fully saturated rings. The van der Waals surface area contributed by atoms with Crippen LogP contribution in [0.1, 0.15) is 4.28 Å². The van der Waals surface area contributed by atoms with Gasteiger partial charge in [-0.2, -0.15) is 0 Å². The monoisotopic (exact) mass is 370 g/mol. The molecule has 2 radical (unpaired) electrons. The molecule has 8 nitrogen and oxygen atoms in total. The van der Waals surface area contributed by atoms with E-state index >= 15 is 0 Å². The van der Waals surface area contributed by atoms with Crippen LogP contribution in [0, 0.1) is 0 Å². The van der Waals surface area contributed by atoms with Gasteiger partial charge in [0.2, 0.25) is 0 Å². The van der Waals surface area contributed by atoms with Crippen LogP contribution in [0.25, 0.3) is 0 Å². The van der Waals surface area contributed by atoms with Gasteiger partial charge in [0.1, 0.15) is 0 Å². The van der Waals surface area contributed by atoms with Crippen molar-refractivity contribution in [1.29, 1.82) is 0 Å². The van der Waals surface area contributed by atoms with Gasteiger partial charge in [-0.05, 0) is 0 Å². The molecule has 80 valence electrons. The van der Waals surface area contributed by atoms with Crippen molar-refractivity contribution >= 4 is 15.6 Å². The SMILES string of the molecule is O=P(O)(O)O.O=P(O)(O)O.[H-].[H-].[H-].[Na+].[Na+].[Na+].[V].[V]. The molecule has 0 aromatic rings. The van der Waals surface area contributed by atoms with Crippen molar-refractivity contribution in [2.24, 2.45) is 0 Å². The summed E-state index contributed by atoms with van der Waals surface area (Å²) < 4.78 is 17.8. The van der Waals surface area contributed by atoms with E-state index in [-0.39, 0.29) is 130 Å². The summed E-state index contributed by atoms with van der Waals surface area (Å²) in [4.78, 5) is 43.1. The van der Waals surface area contributed by atoms with E-state index in [4.69, 9.17) is 38.5 Å². The van der Waals surface area contributed by atoms with Crippen molar-refractivity contribution < 1.29 is 169 Å². The van der Waals surface area contributed by atoms with E-state index < -0.39 is 15.6 Å². The van der Waals surface area contributed by atoms with Crippen LogP contribution in [-0.2, 0) is 46.2 Å². The quantitative estimate of drug-likeness (QED) is 0.181. The Morgan fingerprint density at radius 1 is 0.600 bits per heavy atom. The van der Waals surface area contributed by atoms with Gasteiger partial charge in [0, 0.05) is 37.1 Å². The van der Waals surface area contributed by atoms with Crippen LogP contribution >= 0.6 is 15.6 Å². The minimum atomic E-state index is -4.64. The number of phosphoric acid groups is 2. The molecule has 0 heterocycles. The van der Waals surface area contributed by atoms with E-state index in [2.05, 4.69) is 0 Å². The fraction of sp³-hybridized carbons (Fsp3) is 0. The first kappa shape index (κ1) is 42.7. The maximum atomic E-state index is 8.88. The number of hydrogen-bond donors (Lipinski definition) is 6. The summed E-state index contributed by atoms with van der Waals surface area (Å²) in [5.74, 6) is 0. The van der Waals surface area contributed by atoms with Crippen LogP contribution in [0.2, 0.25) is 0 Å². The fourth-order valence-corrected chi connectivity index (χ4v) is 0. The molecular weight excluding hydrogens is 361 g/mol. The van der Waals surface area contributed by atoms with E-state index in [1.54, 1.807) is 0 Å². The smallest absolute Gasteiger partial charge is 1.00 e. The third-order valence-electron chi connectivity index (χ3n) is 0. The van der Waals surface area contributed by atoms with Crippen LogP contribution in [-0.4, -0.2) is 29.4 Å². The summed E-state index contributed by atoms with van der Waals surface area (Å²) in [7, 11) is -9.28. The van der Waals surface area contributed by atoms with Crippen molar-refractivity contribution in [3.05, 3.63) is 0 Å². The van der Waals surface area contributed by atoms with E-state index in [0.29, 0.717) is 0 Å². The van der Waals surface area contributed by atoms with Gasteiger partial charge in [-0.15, -0.1) is 0 Å². The average molecular weight is 370 g/mol. The molecule has 0 rings (SSSR count). The van der Waals surface area contributed by atoms with Gasteiger partial charge < -0.3 is 33.6 Å². The Morgan fingerprint density at radius 3 is 0.600 bits per heavy atom. The third kappa shape index (κ3) is 256. The van der Waals surface area contributed by atoms with Gasteiger partial charge in [-0.3, -0.25) is 0 Å². The maximum absolute atomic E-state index is 8.88. The van der Waals surface area contributed by atoms with E-state index in [9.17, 15) is 0 Å². The summed E-state index contributed by atoms with van der Waals surface area (Å²) in [6.45, 7) is 0. The molecule has 0 aliphatic rings. The second-order valence-corrected chi connectivity index (χ2v) is 3.08. The second-order valence-electron chi connectivity index (χ2n) is 1.03. The minimum absolute atomic E-state index is 0. The molecule has 15 heavy (non-hydrogen) atoms. The molecule has 0 atom stereocenters. The molecular formula is H9Na3O8P2V2. The molecule has 0 aromatic heterocycles. The predicted octanol–water partition coefficient (Wildman–Crippen LogP) is -10.5. The summed E-state index contributed by atoms with van der Waals surface area (Å²) in [5, 5.41) is 0. The van der Waals surface area contributed by atoms with Crippen LogP contribution in [0.3, 0.4) is 0 Å². The van der Waals surface area contributed by atoms with E-state index in [1.807, 2.05) is 0 Å². The normalized spacial score (nSPS) is 7.87. The largest absolute Gasteiger partial charge is 1.00 e. The second kappa shape index (κ2) is 20.7. The third-order valence-corrected chi connectivity index (χ3v) is 0. The van der Waals surface area contributed by atoms with Crippen molar-refractivity contribution in [3.8, 4) is 0 Å². The van der Waals surface area contributed by atoms with Gasteiger partial charge in [0.05, 0.1) is 0 Å². The first-order chi connectivity index (χ1) is 4.00. The van der Waals surface area contributed by atoms with Crippen molar-refractivity contribution in [2.75, 3.05) is 0 Å². The Bertz CT molecular complexity index is 150. The Balaban J connectivity index is -0.00000000615. The van der Waals surface area contributed by atoms with Crippen LogP contribution in [0.15, 0.2) is 0 Å². The number of hydrogen-bond acceptors (Lipinski definition) is 2. The molecule has 0 aliphatic carbocycles. The Morgan fingerprint density at radius 2 is 0.600 bits per heavy atom. The van der Waals surface area contributed by atoms with E-state index in [0.717, 1.165) is 0 Å². The van der Waals surface area contributed by atoms with Gasteiger partial charge in [0.15, 0.2) is 0 Å². The zero-order chi connectivity index (χ0) is 9.00. The summed E-state index contributed by atoms with van der Waals surface area (Å²) >= 11 is 0. The van der Waals surface area contributed by atoms with Crippen LogP contribution in [0.5, 0.6) is 0 Å². The maximum Gasteiger partial charge on any atom is 1.00 e. The molecule has 0 unspecified atom stereocenters. The van der Waals surface area contributed by atoms with Gasteiger partial charge in [-0.1, -0.05) is 0 Å². The zero-order valence-electron chi connectivity index (χ0n) is 11.3. The molecule has 0 saturated carbocycles. The van der Waals surface area contributed by atoms with Crippen LogP contribution in [0.4, 0.5) is 0 Å². The molecule has 0 aliphatic heterocycles. The van der Waals surface area contributed by atoms with Crippen molar-refractivity contribution in [2.45, 2.75) is 0 Å². The molecule has 6 N–H and O–H groups in total. The first-order valence-corrected chi connectivity index (χ1v) is 4.70. The summed E-state index contributed by atoms with van der Waals surface area (Å²) in [6.07, 6.45) is 0. The minimum Gasteiger partial charge on any atom is -1.00 e. The standard InChI is InChI=1S/3Na.2H3O4P.2V.3H/c;;;2*1-5(2,3)4;;;;;/h;;;2*(H3,1,2,3,4);;;;;/q3*+1;;;;;3*-1.